The molecule has 2 N–H and O–H groups in total. The van der Waals surface area contributed by atoms with Crippen molar-refractivity contribution in [3.63, 3.8) is 0 Å². The molecule has 0 radical (unpaired) electrons. The topological polar surface area (TPSA) is 70.4 Å². The minimum atomic E-state index is 0. The van der Waals surface area contributed by atoms with Gasteiger partial charge in [0.05, 0.1) is 0 Å². The number of nitrogens with one attached hydrogen (secondary N) is 2. The van der Waals surface area contributed by atoms with E-state index in [0.29, 0.717) is 0 Å². The largest absolute Gasteiger partial charge is 0.357 e. The Bertz CT molecular complexity index is 443. The summed E-state index contributed by atoms with van der Waals surface area (Å²) in [6.45, 7) is 15.3. The van der Waals surface area contributed by atoms with E-state index >= 15 is 0 Å². The van der Waals surface area contributed by atoms with Gasteiger partial charge in [-0.05, 0) is 33.0 Å². The Balaban J connectivity index is 0.00000529. The molecule has 0 saturated carbocycles. The highest BCUT2D eigenvalue weighted by atomic mass is 127. The Kier molecular flexibility index (Phi) is 13.9. The van der Waals surface area contributed by atoms with E-state index in [2.05, 4.69) is 63.0 Å². The highest BCUT2D eigenvalue weighted by molar-refractivity contribution is 14.0. The van der Waals surface area contributed by atoms with Crippen molar-refractivity contribution in [1.82, 2.24) is 30.3 Å². The Morgan fingerprint density at radius 1 is 1.21 bits per heavy atom. The van der Waals surface area contributed by atoms with E-state index in [1.54, 1.807) is 6.33 Å². The van der Waals surface area contributed by atoms with Crippen molar-refractivity contribution in [3.8, 4) is 0 Å². The fraction of sp³-hybridized carbons (Fsp3) is 0.812. The highest BCUT2D eigenvalue weighted by Crippen LogP contribution is 1.95. The zero-order chi connectivity index (χ0) is 16.9. The van der Waals surface area contributed by atoms with Gasteiger partial charge in [0.25, 0.3) is 0 Å². The Hall–Kier alpha value is -0.900. The van der Waals surface area contributed by atoms with E-state index < -0.39 is 0 Å². The van der Waals surface area contributed by atoms with E-state index in [0.717, 1.165) is 70.4 Å². The van der Waals surface area contributed by atoms with Gasteiger partial charge in [0.15, 0.2) is 5.96 Å². The van der Waals surface area contributed by atoms with Gasteiger partial charge in [-0.15, -0.1) is 34.2 Å². The minimum Gasteiger partial charge on any atom is -0.357 e. The van der Waals surface area contributed by atoms with Crippen molar-refractivity contribution in [3.05, 3.63) is 12.2 Å². The maximum atomic E-state index is 4.64. The van der Waals surface area contributed by atoms with E-state index in [1.807, 2.05) is 0 Å². The molecule has 0 saturated heterocycles. The lowest BCUT2D eigenvalue weighted by Crippen LogP contribution is -2.39. The van der Waals surface area contributed by atoms with Crippen LogP contribution >= 0.6 is 24.0 Å². The van der Waals surface area contributed by atoms with Gasteiger partial charge in [-0.25, -0.2) is 0 Å². The van der Waals surface area contributed by atoms with Gasteiger partial charge < -0.3 is 20.1 Å². The summed E-state index contributed by atoms with van der Waals surface area (Å²) in [5.41, 5.74) is 0. The number of aromatic nitrogens is 3. The van der Waals surface area contributed by atoms with Gasteiger partial charge in [0, 0.05) is 32.6 Å². The summed E-state index contributed by atoms with van der Waals surface area (Å²) in [6, 6.07) is 0. The van der Waals surface area contributed by atoms with Gasteiger partial charge >= 0.3 is 0 Å². The third-order valence-electron chi connectivity index (χ3n) is 3.80. The summed E-state index contributed by atoms with van der Waals surface area (Å²) in [6.07, 6.45) is 3.78. The normalized spacial score (nSPS) is 11.5. The molecule has 0 amide bonds. The molecule has 0 atom stereocenters. The van der Waals surface area contributed by atoms with Crippen LogP contribution in [0.5, 0.6) is 0 Å². The second-order valence-corrected chi connectivity index (χ2v) is 5.36. The standard InChI is InChI=1S/C16H33N7.HI/c1-5-15-21-20-14-23(15)13-11-19-16(17-6-2)18-10-9-12-22(7-3)8-4;/h14H,5-13H2,1-4H3,(H2,17,18,19);1H. The number of aliphatic imine (C=N–C) groups is 1. The maximum Gasteiger partial charge on any atom is 0.191 e. The summed E-state index contributed by atoms with van der Waals surface area (Å²) >= 11 is 0. The first-order valence-electron chi connectivity index (χ1n) is 8.86. The molecule has 0 aliphatic carbocycles. The van der Waals surface area contributed by atoms with Crippen LogP contribution in [-0.4, -0.2) is 64.9 Å². The molecular formula is C16H34IN7. The van der Waals surface area contributed by atoms with Gasteiger partial charge in [0.1, 0.15) is 12.2 Å². The van der Waals surface area contributed by atoms with Crippen LogP contribution in [0.1, 0.15) is 39.9 Å². The molecule has 140 valence electrons. The molecule has 1 heterocycles. The number of aryl methyl sites for hydroxylation is 1. The van der Waals surface area contributed by atoms with Crippen LogP contribution in [0.15, 0.2) is 11.3 Å². The molecule has 0 bridgehead atoms. The zero-order valence-electron chi connectivity index (χ0n) is 15.6. The number of nitrogens with zero attached hydrogens (tertiary/aromatic N) is 5. The minimum absolute atomic E-state index is 0. The summed E-state index contributed by atoms with van der Waals surface area (Å²) in [5.74, 6) is 1.91. The van der Waals surface area contributed by atoms with E-state index in [9.17, 15) is 0 Å². The van der Waals surface area contributed by atoms with Crippen molar-refractivity contribution in [2.45, 2.75) is 47.1 Å². The van der Waals surface area contributed by atoms with Crippen molar-refractivity contribution in [1.29, 1.82) is 0 Å². The maximum absolute atomic E-state index is 4.64. The van der Waals surface area contributed by atoms with Crippen LogP contribution in [0, 0.1) is 0 Å². The van der Waals surface area contributed by atoms with E-state index in [4.69, 9.17) is 0 Å². The van der Waals surface area contributed by atoms with Crippen molar-refractivity contribution >= 4 is 29.9 Å². The van der Waals surface area contributed by atoms with Crippen LogP contribution in [0.3, 0.4) is 0 Å². The summed E-state index contributed by atoms with van der Waals surface area (Å²) in [5, 5.41) is 14.7. The van der Waals surface area contributed by atoms with E-state index in [-0.39, 0.29) is 24.0 Å². The Labute approximate surface area is 163 Å². The van der Waals surface area contributed by atoms with Crippen molar-refractivity contribution < 1.29 is 0 Å². The number of guanidine groups is 1. The van der Waals surface area contributed by atoms with Crippen LogP contribution in [0.25, 0.3) is 0 Å². The van der Waals surface area contributed by atoms with Gasteiger partial charge in [-0.1, -0.05) is 20.8 Å². The summed E-state index contributed by atoms with van der Waals surface area (Å²) in [4.78, 5) is 7.07. The van der Waals surface area contributed by atoms with Crippen LogP contribution in [0.2, 0.25) is 0 Å². The predicted molar refractivity (Wildman–Crippen MR) is 111 cm³/mol. The lowest BCUT2D eigenvalue weighted by molar-refractivity contribution is 0.302. The summed E-state index contributed by atoms with van der Waals surface area (Å²) < 4.78 is 2.08. The molecule has 0 aliphatic rings. The number of hydrogen-bond acceptors (Lipinski definition) is 4. The lowest BCUT2D eigenvalue weighted by Gasteiger charge is -2.17. The predicted octanol–water partition coefficient (Wildman–Crippen LogP) is 1.75. The molecule has 0 aromatic carbocycles. The third kappa shape index (κ3) is 8.81. The highest BCUT2D eigenvalue weighted by Gasteiger charge is 2.02. The number of halogens is 1. The lowest BCUT2D eigenvalue weighted by atomic mass is 10.4. The molecule has 1 aromatic rings. The molecule has 1 rings (SSSR count). The van der Waals surface area contributed by atoms with Crippen LogP contribution in [0.4, 0.5) is 0 Å². The molecule has 0 aliphatic heterocycles. The van der Waals surface area contributed by atoms with Crippen molar-refractivity contribution in [2.75, 3.05) is 39.3 Å². The molecule has 1 aromatic heterocycles. The van der Waals surface area contributed by atoms with Gasteiger partial charge in [-0.2, -0.15) is 0 Å². The Morgan fingerprint density at radius 3 is 2.58 bits per heavy atom. The van der Waals surface area contributed by atoms with Crippen LogP contribution < -0.4 is 10.6 Å². The second kappa shape index (κ2) is 14.4. The SMILES string of the molecule is CCNC(=NCCCN(CC)CC)NCCn1cnnc1CC.I. The molecule has 24 heavy (non-hydrogen) atoms. The first-order valence-corrected chi connectivity index (χ1v) is 8.86. The molecule has 8 heteroatoms. The first kappa shape index (κ1) is 23.1. The van der Waals surface area contributed by atoms with Gasteiger partial charge in [0.2, 0.25) is 0 Å². The van der Waals surface area contributed by atoms with Crippen LogP contribution in [-0.2, 0) is 13.0 Å². The average Bonchev–Trinajstić information content (AvgIpc) is 3.02. The smallest absolute Gasteiger partial charge is 0.191 e. The van der Waals surface area contributed by atoms with E-state index in [1.165, 1.54) is 0 Å². The number of hydrogen-bond donors (Lipinski definition) is 2. The molecule has 0 fully saturated rings. The first-order chi connectivity index (χ1) is 11.2. The fourth-order valence-corrected chi connectivity index (χ4v) is 2.40. The number of rotatable bonds is 11. The Morgan fingerprint density at radius 2 is 1.96 bits per heavy atom. The molecular weight excluding hydrogens is 417 g/mol. The second-order valence-electron chi connectivity index (χ2n) is 5.36. The molecule has 0 spiro atoms. The fourth-order valence-electron chi connectivity index (χ4n) is 2.40. The van der Waals surface area contributed by atoms with Crippen molar-refractivity contribution in [2.24, 2.45) is 4.99 Å². The zero-order valence-corrected chi connectivity index (χ0v) is 17.9. The summed E-state index contributed by atoms with van der Waals surface area (Å²) in [7, 11) is 0. The molecule has 7 nitrogen and oxygen atoms in total. The monoisotopic (exact) mass is 451 g/mol. The third-order valence-corrected chi connectivity index (χ3v) is 3.80. The average molecular weight is 451 g/mol. The van der Waals surface area contributed by atoms with Gasteiger partial charge in [-0.3, -0.25) is 4.99 Å². The molecule has 0 unspecified atom stereocenters. The quantitative estimate of drug-likeness (QED) is 0.232.